The summed E-state index contributed by atoms with van der Waals surface area (Å²) in [5, 5.41) is 5.33. The fourth-order valence-electron chi connectivity index (χ4n) is 2.73. The zero-order valence-corrected chi connectivity index (χ0v) is 14.1. The van der Waals surface area contributed by atoms with Crippen LogP contribution in [0.25, 0.3) is 11.0 Å². The molecule has 0 saturated carbocycles. The van der Waals surface area contributed by atoms with Crippen molar-refractivity contribution in [3.05, 3.63) is 41.6 Å². The Labute approximate surface area is 136 Å². The molecule has 0 saturated heterocycles. The van der Waals surface area contributed by atoms with E-state index < -0.39 is 0 Å². The van der Waals surface area contributed by atoms with Crippen LogP contribution in [0.2, 0.25) is 0 Å². The molecule has 0 fully saturated rings. The third kappa shape index (κ3) is 3.16. The highest BCUT2D eigenvalue weighted by Gasteiger charge is 2.15. The SMILES string of the molecule is CCCc1nc(N(C)Cc2ccnc(C)c2)c2cnn(C)c2n1. The van der Waals surface area contributed by atoms with E-state index in [1.165, 1.54) is 5.56 Å². The van der Waals surface area contributed by atoms with Gasteiger partial charge in [-0.1, -0.05) is 6.92 Å². The monoisotopic (exact) mass is 310 g/mol. The van der Waals surface area contributed by atoms with Crippen molar-refractivity contribution in [3.63, 3.8) is 0 Å². The van der Waals surface area contributed by atoms with E-state index in [9.17, 15) is 0 Å². The number of pyridine rings is 1. The Bertz CT molecular complexity index is 823. The van der Waals surface area contributed by atoms with Crippen LogP contribution in [0.4, 0.5) is 5.82 Å². The largest absolute Gasteiger partial charge is 0.355 e. The first-order chi connectivity index (χ1) is 11.1. The van der Waals surface area contributed by atoms with E-state index in [2.05, 4.69) is 40.0 Å². The highest BCUT2D eigenvalue weighted by Crippen LogP contribution is 2.24. The summed E-state index contributed by atoms with van der Waals surface area (Å²) >= 11 is 0. The molecule has 0 amide bonds. The van der Waals surface area contributed by atoms with Crippen LogP contribution in [0.5, 0.6) is 0 Å². The molecule has 23 heavy (non-hydrogen) atoms. The fourth-order valence-corrected chi connectivity index (χ4v) is 2.73. The molecule has 0 aliphatic carbocycles. The Kier molecular flexibility index (Phi) is 4.23. The Balaban J connectivity index is 2.00. The molecule has 0 spiro atoms. The molecule has 0 atom stereocenters. The third-order valence-corrected chi connectivity index (χ3v) is 3.83. The second-order valence-electron chi connectivity index (χ2n) is 5.88. The Hall–Kier alpha value is -2.50. The summed E-state index contributed by atoms with van der Waals surface area (Å²) in [6.07, 6.45) is 5.59. The number of nitrogens with zero attached hydrogens (tertiary/aromatic N) is 6. The summed E-state index contributed by atoms with van der Waals surface area (Å²) in [4.78, 5) is 15.8. The van der Waals surface area contributed by atoms with Crippen LogP contribution in [0.1, 0.15) is 30.4 Å². The lowest BCUT2D eigenvalue weighted by molar-refractivity contribution is 0.769. The van der Waals surface area contributed by atoms with Crippen LogP contribution in [-0.2, 0) is 20.0 Å². The molecular formula is C17H22N6. The van der Waals surface area contributed by atoms with Crippen LogP contribution in [-0.4, -0.2) is 31.8 Å². The predicted octanol–water partition coefficient (Wildman–Crippen LogP) is 2.66. The zero-order chi connectivity index (χ0) is 16.4. The molecule has 0 unspecified atom stereocenters. The molecule has 120 valence electrons. The van der Waals surface area contributed by atoms with Crippen molar-refractivity contribution in [1.82, 2.24) is 24.7 Å². The molecule has 0 aliphatic rings. The number of anilines is 1. The first kappa shape index (κ1) is 15.4. The number of aromatic nitrogens is 5. The quantitative estimate of drug-likeness (QED) is 0.725. The molecule has 3 heterocycles. The molecule has 3 aromatic rings. The van der Waals surface area contributed by atoms with Gasteiger partial charge in [-0.05, 0) is 31.0 Å². The Morgan fingerprint density at radius 2 is 2.09 bits per heavy atom. The maximum atomic E-state index is 4.77. The lowest BCUT2D eigenvalue weighted by Gasteiger charge is -2.20. The molecular weight excluding hydrogens is 288 g/mol. The van der Waals surface area contributed by atoms with Crippen LogP contribution in [0.3, 0.4) is 0 Å². The zero-order valence-electron chi connectivity index (χ0n) is 14.1. The maximum absolute atomic E-state index is 4.77. The predicted molar refractivity (Wildman–Crippen MR) is 91.4 cm³/mol. The first-order valence-electron chi connectivity index (χ1n) is 7.89. The number of fused-ring (bicyclic) bond motifs is 1. The van der Waals surface area contributed by atoms with Crippen molar-refractivity contribution >= 4 is 16.9 Å². The maximum Gasteiger partial charge on any atom is 0.163 e. The van der Waals surface area contributed by atoms with E-state index in [1.54, 1.807) is 0 Å². The lowest BCUT2D eigenvalue weighted by Crippen LogP contribution is -2.19. The van der Waals surface area contributed by atoms with Crippen LogP contribution in [0, 0.1) is 6.92 Å². The van der Waals surface area contributed by atoms with Gasteiger partial charge in [0.1, 0.15) is 11.6 Å². The van der Waals surface area contributed by atoms with Crippen LogP contribution < -0.4 is 4.90 Å². The van der Waals surface area contributed by atoms with E-state index in [4.69, 9.17) is 4.98 Å². The minimum Gasteiger partial charge on any atom is -0.355 e. The molecule has 0 aromatic carbocycles. The molecule has 0 bridgehead atoms. The van der Waals surface area contributed by atoms with Gasteiger partial charge >= 0.3 is 0 Å². The number of hydrogen-bond acceptors (Lipinski definition) is 5. The highest BCUT2D eigenvalue weighted by atomic mass is 15.3. The number of hydrogen-bond donors (Lipinski definition) is 0. The van der Waals surface area contributed by atoms with Crippen molar-refractivity contribution in [3.8, 4) is 0 Å². The van der Waals surface area contributed by atoms with E-state index in [-0.39, 0.29) is 0 Å². The summed E-state index contributed by atoms with van der Waals surface area (Å²) in [6, 6.07) is 4.14. The topological polar surface area (TPSA) is 59.7 Å². The van der Waals surface area contributed by atoms with Gasteiger partial charge in [-0.2, -0.15) is 5.10 Å². The van der Waals surface area contributed by atoms with Gasteiger partial charge in [0, 0.05) is 39.0 Å². The fraction of sp³-hybridized carbons (Fsp3) is 0.412. The highest BCUT2D eigenvalue weighted by molar-refractivity contribution is 5.86. The summed E-state index contributed by atoms with van der Waals surface area (Å²) in [5.74, 6) is 1.80. The van der Waals surface area contributed by atoms with Gasteiger partial charge in [-0.3, -0.25) is 9.67 Å². The summed E-state index contributed by atoms with van der Waals surface area (Å²) in [5.41, 5.74) is 3.13. The van der Waals surface area contributed by atoms with Gasteiger partial charge in [0.15, 0.2) is 5.65 Å². The van der Waals surface area contributed by atoms with Gasteiger partial charge in [-0.15, -0.1) is 0 Å². The Morgan fingerprint density at radius 3 is 2.83 bits per heavy atom. The van der Waals surface area contributed by atoms with Crippen molar-refractivity contribution in [2.45, 2.75) is 33.2 Å². The summed E-state index contributed by atoms with van der Waals surface area (Å²) in [6.45, 7) is 4.92. The average molecular weight is 310 g/mol. The third-order valence-electron chi connectivity index (χ3n) is 3.83. The van der Waals surface area contributed by atoms with E-state index >= 15 is 0 Å². The minimum atomic E-state index is 0.774. The average Bonchev–Trinajstić information content (AvgIpc) is 2.88. The van der Waals surface area contributed by atoms with Crippen LogP contribution in [0.15, 0.2) is 24.5 Å². The van der Waals surface area contributed by atoms with Crippen molar-refractivity contribution in [2.24, 2.45) is 7.05 Å². The second-order valence-corrected chi connectivity index (χ2v) is 5.88. The van der Waals surface area contributed by atoms with Crippen molar-refractivity contribution in [1.29, 1.82) is 0 Å². The van der Waals surface area contributed by atoms with Gasteiger partial charge in [0.25, 0.3) is 0 Å². The second kappa shape index (κ2) is 6.32. The first-order valence-corrected chi connectivity index (χ1v) is 7.89. The molecule has 3 aromatic heterocycles. The molecule has 0 radical (unpaired) electrons. The normalized spacial score (nSPS) is 11.1. The molecule has 3 rings (SSSR count). The number of rotatable bonds is 5. The van der Waals surface area contributed by atoms with E-state index in [1.807, 2.05) is 37.1 Å². The minimum absolute atomic E-state index is 0.774. The van der Waals surface area contributed by atoms with Crippen molar-refractivity contribution < 1.29 is 0 Å². The summed E-state index contributed by atoms with van der Waals surface area (Å²) < 4.78 is 1.81. The molecule has 6 nitrogen and oxygen atoms in total. The van der Waals surface area contributed by atoms with Crippen LogP contribution >= 0.6 is 0 Å². The molecule has 0 aliphatic heterocycles. The smallest absolute Gasteiger partial charge is 0.163 e. The van der Waals surface area contributed by atoms with Crippen molar-refractivity contribution in [2.75, 3.05) is 11.9 Å². The lowest BCUT2D eigenvalue weighted by atomic mass is 10.2. The van der Waals surface area contributed by atoms with E-state index in [0.29, 0.717) is 0 Å². The van der Waals surface area contributed by atoms with Gasteiger partial charge in [0.05, 0.1) is 11.6 Å². The summed E-state index contributed by atoms with van der Waals surface area (Å²) in [7, 11) is 3.97. The molecule has 6 heteroatoms. The molecule has 0 N–H and O–H groups in total. The van der Waals surface area contributed by atoms with Gasteiger partial charge in [0.2, 0.25) is 0 Å². The van der Waals surface area contributed by atoms with E-state index in [0.717, 1.165) is 47.8 Å². The van der Waals surface area contributed by atoms with Gasteiger partial charge < -0.3 is 4.90 Å². The standard InChI is InChI=1S/C17H22N6/c1-5-6-15-20-16(14-10-19-23(4)17(14)21-15)22(3)11-13-7-8-18-12(2)9-13/h7-10H,5-6,11H2,1-4H3. The Morgan fingerprint density at radius 1 is 1.26 bits per heavy atom. The van der Waals surface area contributed by atoms with Gasteiger partial charge in [-0.25, -0.2) is 9.97 Å². The number of aryl methyl sites for hydroxylation is 3.